The number of nitrogens with one attached hydrogen (secondary N) is 1. The summed E-state index contributed by atoms with van der Waals surface area (Å²) in [5.41, 5.74) is 7.79. The molecule has 0 aliphatic carbocycles. The lowest BCUT2D eigenvalue weighted by atomic mass is 10.3. The van der Waals surface area contributed by atoms with Crippen LogP contribution in [0.4, 0.5) is 0 Å². The molecule has 1 amide bonds. The highest BCUT2D eigenvalue weighted by Crippen LogP contribution is 2.11. The number of hydroxylamine groups is 1. The standard InChI is InChI=1S/C9H19N3O2/c1-7(2)12-4-3-8(5-12)11-14-6-9(10)13/h7-8,11H,3-6H2,1-2H3,(H2,10,13). The summed E-state index contributed by atoms with van der Waals surface area (Å²) in [6, 6.07) is 0.884. The van der Waals surface area contributed by atoms with Crippen LogP contribution >= 0.6 is 0 Å². The van der Waals surface area contributed by atoms with Crippen molar-refractivity contribution in [3.63, 3.8) is 0 Å². The zero-order valence-corrected chi connectivity index (χ0v) is 8.82. The van der Waals surface area contributed by atoms with E-state index in [1.54, 1.807) is 0 Å². The van der Waals surface area contributed by atoms with Crippen molar-refractivity contribution in [3.05, 3.63) is 0 Å². The second kappa shape index (κ2) is 5.29. The first kappa shape index (κ1) is 11.4. The van der Waals surface area contributed by atoms with Crippen molar-refractivity contribution in [2.24, 2.45) is 5.73 Å². The van der Waals surface area contributed by atoms with Gasteiger partial charge in [0.25, 0.3) is 0 Å². The molecule has 0 saturated carbocycles. The zero-order valence-electron chi connectivity index (χ0n) is 8.82. The van der Waals surface area contributed by atoms with E-state index in [4.69, 9.17) is 10.6 Å². The minimum absolute atomic E-state index is 0.0574. The molecule has 5 heteroatoms. The molecule has 82 valence electrons. The SMILES string of the molecule is CC(C)N1CCC(NOCC(N)=O)C1. The Hall–Kier alpha value is -0.650. The summed E-state index contributed by atoms with van der Waals surface area (Å²) >= 11 is 0. The molecule has 0 radical (unpaired) electrons. The number of hydrogen-bond donors (Lipinski definition) is 2. The number of rotatable bonds is 5. The predicted molar refractivity (Wildman–Crippen MR) is 53.4 cm³/mol. The molecule has 1 rings (SSSR count). The molecule has 0 bridgehead atoms. The quantitative estimate of drug-likeness (QED) is 0.587. The van der Waals surface area contributed by atoms with E-state index in [1.807, 2.05) is 0 Å². The van der Waals surface area contributed by atoms with E-state index in [0.29, 0.717) is 12.1 Å². The van der Waals surface area contributed by atoms with Gasteiger partial charge in [-0.2, -0.15) is 5.48 Å². The molecule has 1 aliphatic heterocycles. The van der Waals surface area contributed by atoms with E-state index in [1.165, 1.54) is 0 Å². The van der Waals surface area contributed by atoms with Gasteiger partial charge in [0, 0.05) is 25.2 Å². The lowest BCUT2D eigenvalue weighted by molar-refractivity contribution is -0.126. The Bertz CT molecular complexity index is 196. The van der Waals surface area contributed by atoms with Gasteiger partial charge in [-0.3, -0.25) is 14.5 Å². The molecule has 0 aromatic rings. The first-order valence-corrected chi connectivity index (χ1v) is 4.99. The molecule has 1 unspecified atom stereocenters. The molecule has 0 spiro atoms. The molecular weight excluding hydrogens is 182 g/mol. The zero-order chi connectivity index (χ0) is 10.6. The van der Waals surface area contributed by atoms with Gasteiger partial charge in [-0.1, -0.05) is 0 Å². The summed E-state index contributed by atoms with van der Waals surface area (Å²) < 4.78 is 0. The van der Waals surface area contributed by atoms with E-state index in [2.05, 4.69) is 24.2 Å². The Kier molecular flexibility index (Phi) is 4.31. The number of primary amides is 1. The van der Waals surface area contributed by atoms with Crippen LogP contribution in [-0.4, -0.2) is 42.6 Å². The number of carbonyl (C=O) groups excluding carboxylic acids is 1. The highest BCUT2D eigenvalue weighted by atomic mass is 16.6. The van der Waals surface area contributed by atoms with Crippen LogP contribution in [0, 0.1) is 0 Å². The smallest absolute Gasteiger partial charge is 0.245 e. The third-order valence-corrected chi connectivity index (χ3v) is 2.41. The van der Waals surface area contributed by atoms with E-state index >= 15 is 0 Å². The molecule has 5 nitrogen and oxygen atoms in total. The van der Waals surface area contributed by atoms with E-state index in [0.717, 1.165) is 19.5 Å². The highest BCUT2D eigenvalue weighted by molar-refractivity contribution is 5.74. The lowest BCUT2D eigenvalue weighted by Crippen LogP contribution is -2.36. The summed E-state index contributed by atoms with van der Waals surface area (Å²) in [4.78, 5) is 17.7. The molecule has 1 aliphatic rings. The van der Waals surface area contributed by atoms with Crippen molar-refractivity contribution in [1.82, 2.24) is 10.4 Å². The molecule has 1 heterocycles. The summed E-state index contributed by atoms with van der Waals surface area (Å²) in [5.74, 6) is -0.448. The van der Waals surface area contributed by atoms with Crippen molar-refractivity contribution in [2.45, 2.75) is 32.4 Å². The van der Waals surface area contributed by atoms with Gasteiger partial charge in [-0.25, -0.2) is 0 Å². The number of amides is 1. The normalized spacial score (nSPS) is 23.2. The molecule has 1 fully saturated rings. The van der Waals surface area contributed by atoms with E-state index in [9.17, 15) is 4.79 Å². The van der Waals surface area contributed by atoms with Gasteiger partial charge in [0.2, 0.25) is 5.91 Å². The molecular formula is C9H19N3O2. The van der Waals surface area contributed by atoms with Crippen LogP contribution in [0.15, 0.2) is 0 Å². The number of nitrogens with zero attached hydrogens (tertiary/aromatic N) is 1. The van der Waals surface area contributed by atoms with Crippen molar-refractivity contribution in [1.29, 1.82) is 0 Å². The number of carbonyl (C=O) groups is 1. The van der Waals surface area contributed by atoms with Crippen molar-refractivity contribution in [3.8, 4) is 0 Å². The lowest BCUT2D eigenvalue weighted by Gasteiger charge is -2.20. The van der Waals surface area contributed by atoms with Gasteiger partial charge in [0.15, 0.2) is 0 Å². The van der Waals surface area contributed by atoms with Gasteiger partial charge in [0.1, 0.15) is 6.61 Å². The van der Waals surface area contributed by atoms with Gasteiger partial charge in [-0.15, -0.1) is 0 Å². The number of nitrogens with two attached hydrogens (primary N) is 1. The Labute approximate surface area is 84.5 Å². The Morgan fingerprint density at radius 3 is 2.93 bits per heavy atom. The first-order chi connectivity index (χ1) is 6.59. The van der Waals surface area contributed by atoms with Gasteiger partial charge < -0.3 is 5.73 Å². The second-order valence-corrected chi connectivity index (χ2v) is 3.95. The van der Waals surface area contributed by atoms with Crippen LogP contribution in [0.1, 0.15) is 20.3 Å². The van der Waals surface area contributed by atoms with Crippen LogP contribution in [0.3, 0.4) is 0 Å². The van der Waals surface area contributed by atoms with E-state index < -0.39 is 5.91 Å². The maximum atomic E-state index is 10.4. The van der Waals surface area contributed by atoms with Crippen LogP contribution in [0.5, 0.6) is 0 Å². The van der Waals surface area contributed by atoms with Crippen molar-refractivity contribution in [2.75, 3.05) is 19.7 Å². The molecule has 0 aromatic heterocycles. The topological polar surface area (TPSA) is 67.6 Å². The van der Waals surface area contributed by atoms with Gasteiger partial charge in [0.05, 0.1) is 0 Å². The summed E-state index contributed by atoms with van der Waals surface area (Å²) in [5, 5.41) is 0. The van der Waals surface area contributed by atoms with Crippen molar-refractivity contribution < 1.29 is 9.63 Å². The fourth-order valence-electron chi connectivity index (χ4n) is 1.58. The van der Waals surface area contributed by atoms with E-state index in [-0.39, 0.29) is 6.61 Å². The molecule has 3 N–H and O–H groups in total. The molecule has 0 aromatic carbocycles. The Morgan fingerprint density at radius 1 is 1.71 bits per heavy atom. The fraction of sp³-hybridized carbons (Fsp3) is 0.889. The maximum absolute atomic E-state index is 10.4. The minimum atomic E-state index is -0.448. The average Bonchev–Trinajstić information content (AvgIpc) is 2.52. The summed E-state index contributed by atoms with van der Waals surface area (Å²) in [6.45, 7) is 6.34. The first-order valence-electron chi connectivity index (χ1n) is 4.99. The monoisotopic (exact) mass is 201 g/mol. The minimum Gasteiger partial charge on any atom is -0.368 e. The highest BCUT2D eigenvalue weighted by Gasteiger charge is 2.23. The van der Waals surface area contributed by atoms with Crippen molar-refractivity contribution >= 4 is 5.91 Å². The van der Waals surface area contributed by atoms with Crippen LogP contribution in [-0.2, 0) is 9.63 Å². The number of hydrogen-bond acceptors (Lipinski definition) is 4. The average molecular weight is 201 g/mol. The van der Waals surface area contributed by atoms with Gasteiger partial charge >= 0.3 is 0 Å². The maximum Gasteiger partial charge on any atom is 0.245 e. The van der Waals surface area contributed by atoms with Crippen LogP contribution in [0.25, 0.3) is 0 Å². The third kappa shape index (κ3) is 3.61. The Morgan fingerprint density at radius 2 is 2.43 bits per heavy atom. The largest absolute Gasteiger partial charge is 0.368 e. The van der Waals surface area contributed by atoms with Crippen LogP contribution in [0.2, 0.25) is 0 Å². The summed E-state index contributed by atoms with van der Waals surface area (Å²) in [6.07, 6.45) is 1.05. The fourth-order valence-corrected chi connectivity index (χ4v) is 1.58. The molecule has 1 saturated heterocycles. The predicted octanol–water partition coefficient (Wildman–Crippen LogP) is -0.524. The summed E-state index contributed by atoms with van der Waals surface area (Å²) in [7, 11) is 0. The number of likely N-dealkylation sites (tertiary alicyclic amines) is 1. The molecule has 1 atom stereocenters. The van der Waals surface area contributed by atoms with Gasteiger partial charge in [-0.05, 0) is 20.3 Å². The Balaban J connectivity index is 2.13. The molecule has 14 heavy (non-hydrogen) atoms. The van der Waals surface area contributed by atoms with Crippen LogP contribution < -0.4 is 11.2 Å². The third-order valence-electron chi connectivity index (χ3n) is 2.41. The second-order valence-electron chi connectivity index (χ2n) is 3.95.